The molecule has 1 aliphatic heterocycles. The van der Waals surface area contributed by atoms with Crippen molar-refractivity contribution in [3.8, 4) is 0 Å². The van der Waals surface area contributed by atoms with E-state index in [9.17, 15) is 14.4 Å². The molecule has 0 radical (unpaired) electrons. The van der Waals surface area contributed by atoms with Gasteiger partial charge < -0.3 is 4.52 Å². The maximum Gasteiger partial charge on any atom is 0.279 e. The molecule has 1 aliphatic rings. The molecule has 0 unspecified atom stereocenters. The third-order valence-corrected chi connectivity index (χ3v) is 3.52. The van der Waals surface area contributed by atoms with Gasteiger partial charge in [-0.25, -0.2) is 0 Å². The standard InChI is InChI=1S/C15H13N3O4/c1-8-13(9(2)22-17-8)14(20)16-18-12(19)7-10-5-3-4-6-11(10)15(18)21/h3-6H,7H2,1-2H3,(H,16,20). The molecule has 22 heavy (non-hydrogen) atoms. The van der Waals surface area contributed by atoms with Crippen molar-refractivity contribution >= 4 is 17.7 Å². The lowest BCUT2D eigenvalue weighted by atomic mass is 10.00. The summed E-state index contributed by atoms with van der Waals surface area (Å²) < 4.78 is 4.92. The van der Waals surface area contributed by atoms with Crippen LogP contribution >= 0.6 is 0 Å². The van der Waals surface area contributed by atoms with E-state index in [0.717, 1.165) is 5.01 Å². The van der Waals surface area contributed by atoms with Crippen LogP contribution in [0.15, 0.2) is 28.8 Å². The minimum atomic E-state index is -0.600. The molecule has 0 fully saturated rings. The number of hydrazine groups is 1. The summed E-state index contributed by atoms with van der Waals surface area (Å²) in [5.74, 6) is -1.31. The van der Waals surface area contributed by atoms with E-state index in [0.29, 0.717) is 22.6 Å². The summed E-state index contributed by atoms with van der Waals surface area (Å²) in [6.07, 6.45) is 0.0593. The number of rotatable bonds is 2. The highest BCUT2D eigenvalue weighted by Gasteiger charge is 2.33. The van der Waals surface area contributed by atoms with Crippen molar-refractivity contribution in [1.82, 2.24) is 15.6 Å². The smallest absolute Gasteiger partial charge is 0.279 e. The second-order valence-electron chi connectivity index (χ2n) is 5.01. The molecule has 2 heterocycles. The number of fused-ring (bicyclic) bond motifs is 1. The van der Waals surface area contributed by atoms with Crippen molar-refractivity contribution in [1.29, 1.82) is 0 Å². The number of aryl methyl sites for hydroxylation is 2. The molecule has 112 valence electrons. The van der Waals surface area contributed by atoms with Crippen molar-refractivity contribution in [2.75, 3.05) is 0 Å². The number of imide groups is 1. The van der Waals surface area contributed by atoms with Gasteiger partial charge >= 0.3 is 0 Å². The quantitative estimate of drug-likeness (QED) is 0.840. The number of hydrogen-bond acceptors (Lipinski definition) is 5. The highest BCUT2D eigenvalue weighted by atomic mass is 16.5. The highest BCUT2D eigenvalue weighted by molar-refractivity contribution is 6.11. The van der Waals surface area contributed by atoms with Crippen LogP contribution in [0, 0.1) is 13.8 Å². The Hall–Kier alpha value is -2.96. The van der Waals surface area contributed by atoms with Gasteiger partial charge in [0, 0.05) is 5.56 Å². The molecule has 0 aliphatic carbocycles. The SMILES string of the molecule is Cc1noc(C)c1C(=O)NN1C(=O)Cc2ccccc2C1=O. The Balaban J connectivity index is 1.89. The van der Waals surface area contributed by atoms with Crippen molar-refractivity contribution in [2.45, 2.75) is 20.3 Å². The maximum absolute atomic E-state index is 12.4. The maximum atomic E-state index is 12.4. The number of hydrogen-bond donors (Lipinski definition) is 1. The Bertz CT molecular complexity index is 774. The lowest BCUT2D eigenvalue weighted by Gasteiger charge is -2.26. The van der Waals surface area contributed by atoms with Gasteiger partial charge in [-0.2, -0.15) is 5.01 Å². The zero-order valence-electron chi connectivity index (χ0n) is 12.0. The first-order chi connectivity index (χ1) is 10.5. The Morgan fingerprint density at radius 2 is 2.00 bits per heavy atom. The third kappa shape index (κ3) is 2.16. The first kappa shape index (κ1) is 14.0. The molecule has 2 aromatic rings. The van der Waals surface area contributed by atoms with E-state index in [4.69, 9.17) is 4.52 Å². The van der Waals surface area contributed by atoms with Crippen molar-refractivity contribution in [3.05, 3.63) is 52.4 Å². The van der Waals surface area contributed by atoms with E-state index in [-0.39, 0.29) is 12.0 Å². The van der Waals surface area contributed by atoms with Crippen LogP contribution in [-0.2, 0) is 11.2 Å². The molecule has 3 amide bonds. The topological polar surface area (TPSA) is 92.5 Å². The molecule has 0 bridgehead atoms. The van der Waals surface area contributed by atoms with Crippen LogP contribution in [-0.4, -0.2) is 27.9 Å². The second kappa shape index (κ2) is 5.10. The Morgan fingerprint density at radius 3 is 2.68 bits per heavy atom. The highest BCUT2D eigenvalue weighted by Crippen LogP contribution is 2.19. The minimum Gasteiger partial charge on any atom is -0.361 e. The molecule has 7 nitrogen and oxygen atoms in total. The molecule has 0 saturated heterocycles. The number of aromatic nitrogens is 1. The van der Waals surface area contributed by atoms with E-state index in [2.05, 4.69) is 10.6 Å². The summed E-state index contributed by atoms with van der Waals surface area (Å²) in [5, 5.41) is 4.43. The first-order valence-corrected chi connectivity index (χ1v) is 6.68. The average Bonchev–Trinajstić information content (AvgIpc) is 2.82. The second-order valence-corrected chi connectivity index (χ2v) is 5.01. The first-order valence-electron chi connectivity index (χ1n) is 6.68. The average molecular weight is 299 g/mol. The molecule has 1 aromatic carbocycles. The van der Waals surface area contributed by atoms with E-state index >= 15 is 0 Å². The van der Waals surface area contributed by atoms with E-state index in [1.165, 1.54) is 0 Å². The van der Waals surface area contributed by atoms with Crippen molar-refractivity contribution in [3.63, 3.8) is 0 Å². The van der Waals surface area contributed by atoms with Crippen LogP contribution in [0.4, 0.5) is 0 Å². The summed E-state index contributed by atoms with van der Waals surface area (Å²) in [6.45, 7) is 3.20. The fourth-order valence-corrected chi connectivity index (χ4v) is 2.44. The molecule has 0 spiro atoms. The van der Waals surface area contributed by atoms with Crippen LogP contribution < -0.4 is 5.43 Å². The summed E-state index contributed by atoms with van der Waals surface area (Å²) in [5.41, 5.74) is 4.01. The summed E-state index contributed by atoms with van der Waals surface area (Å²) >= 11 is 0. The van der Waals surface area contributed by atoms with Gasteiger partial charge in [-0.15, -0.1) is 0 Å². The molecule has 1 N–H and O–H groups in total. The Morgan fingerprint density at radius 1 is 1.27 bits per heavy atom. The number of carbonyl (C=O) groups is 3. The summed E-state index contributed by atoms with van der Waals surface area (Å²) in [4.78, 5) is 36.7. The number of carbonyl (C=O) groups excluding carboxylic acids is 3. The summed E-state index contributed by atoms with van der Waals surface area (Å²) in [6, 6.07) is 6.82. The zero-order valence-corrected chi connectivity index (χ0v) is 12.0. The number of nitrogens with one attached hydrogen (secondary N) is 1. The molecule has 0 saturated carbocycles. The largest absolute Gasteiger partial charge is 0.361 e. The van der Waals surface area contributed by atoms with Crippen LogP contribution in [0.5, 0.6) is 0 Å². The Kier molecular flexibility index (Phi) is 3.25. The van der Waals surface area contributed by atoms with E-state index in [1.807, 2.05) is 0 Å². The molecule has 1 aromatic heterocycles. The van der Waals surface area contributed by atoms with Gasteiger partial charge in [-0.05, 0) is 25.5 Å². The van der Waals surface area contributed by atoms with Gasteiger partial charge in [0.25, 0.3) is 17.7 Å². The number of benzene rings is 1. The lowest BCUT2D eigenvalue weighted by Crippen LogP contribution is -2.53. The number of amides is 3. The van der Waals surface area contributed by atoms with Crippen LogP contribution in [0.1, 0.15) is 37.7 Å². The molecule has 0 atom stereocenters. The van der Waals surface area contributed by atoms with Gasteiger partial charge in [-0.3, -0.25) is 19.8 Å². The molecule has 7 heteroatoms. The minimum absolute atomic E-state index is 0.0593. The van der Waals surface area contributed by atoms with E-state index in [1.54, 1.807) is 38.1 Å². The van der Waals surface area contributed by atoms with Crippen molar-refractivity contribution in [2.24, 2.45) is 0 Å². The molecular weight excluding hydrogens is 286 g/mol. The van der Waals surface area contributed by atoms with Gasteiger partial charge in [0.15, 0.2) is 0 Å². The van der Waals surface area contributed by atoms with Gasteiger partial charge in [0.1, 0.15) is 11.3 Å². The normalized spacial score (nSPS) is 14.0. The molecular formula is C15H13N3O4. The third-order valence-electron chi connectivity index (χ3n) is 3.52. The lowest BCUT2D eigenvalue weighted by molar-refractivity contribution is -0.130. The van der Waals surface area contributed by atoms with Crippen molar-refractivity contribution < 1.29 is 18.9 Å². The van der Waals surface area contributed by atoms with Crippen LogP contribution in [0.3, 0.4) is 0 Å². The predicted octanol–water partition coefficient (Wildman–Crippen LogP) is 1.16. The van der Waals surface area contributed by atoms with Gasteiger partial charge in [0.05, 0.1) is 12.1 Å². The Labute approximate surface area is 125 Å². The molecule has 3 rings (SSSR count). The monoisotopic (exact) mass is 299 g/mol. The number of nitrogens with zero attached hydrogens (tertiary/aromatic N) is 2. The van der Waals surface area contributed by atoms with Gasteiger partial charge in [-0.1, -0.05) is 23.4 Å². The van der Waals surface area contributed by atoms with Gasteiger partial charge in [0.2, 0.25) is 0 Å². The zero-order chi connectivity index (χ0) is 15.9. The fourth-order valence-electron chi connectivity index (χ4n) is 2.44. The summed E-state index contributed by atoms with van der Waals surface area (Å²) in [7, 11) is 0. The fraction of sp³-hybridized carbons (Fsp3) is 0.200. The predicted molar refractivity (Wildman–Crippen MR) is 74.8 cm³/mol. The van der Waals surface area contributed by atoms with E-state index < -0.39 is 17.7 Å². The van der Waals surface area contributed by atoms with Crippen LogP contribution in [0.2, 0.25) is 0 Å². The van der Waals surface area contributed by atoms with Crippen LogP contribution in [0.25, 0.3) is 0 Å².